The summed E-state index contributed by atoms with van der Waals surface area (Å²) in [6.07, 6.45) is 4.91. The zero-order valence-electron chi connectivity index (χ0n) is 14.1. The molecule has 1 aliphatic heterocycles. The fraction of sp³-hybridized carbons (Fsp3) is 0.526. The number of hydrogen-bond acceptors (Lipinski definition) is 3. The molecular formula is C19H24N2O2. The second-order valence-electron chi connectivity index (χ2n) is 7.21. The predicted molar refractivity (Wildman–Crippen MR) is 90.5 cm³/mol. The highest BCUT2D eigenvalue weighted by atomic mass is 16.5. The summed E-state index contributed by atoms with van der Waals surface area (Å²) in [7, 11) is 3.67. The fourth-order valence-electron chi connectivity index (χ4n) is 4.88. The Kier molecular flexibility index (Phi) is 3.27. The number of carbonyl (C=O) groups excluding carboxylic acids is 1. The number of aromatic amines is 1. The van der Waals surface area contributed by atoms with Gasteiger partial charge in [0, 0.05) is 35.6 Å². The van der Waals surface area contributed by atoms with E-state index >= 15 is 0 Å². The van der Waals surface area contributed by atoms with Crippen LogP contribution in [0, 0.1) is 5.41 Å². The first-order valence-corrected chi connectivity index (χ1v) is 8.47. The highest BCUT2D eigenvalue weighted by molar-refractivity contribution is 5.88. The largest absolute Gasteiger partial charge is 0.469 e. The molecule has 23 heavy (non-hydrogen) atoms. The smallest absolute Gasteiger partial charge is 0.313 e. The number of ether oxygens (including phenoxy) is 1. The number of H-pyrrole nitrogens is 1. The van der Waals surface area contributed by atoms with Crippen LogP contribution < -0.4 is 0 Å². The molecule has 4 rings (SSSR count). The van der Waals surface area contributed by atoms with E-state index in [-0.39, 0.29) is 11.4 Å². The second-order valence-corrected chi connectivity index (χ2v) is 7.21. The van der Waals surface area contributed by atoms with Crippen molar-refractivity contribution in [2.24, 2.45) is 5.41 Å². The summed E-state index contributed by atoms with van der Waals surface area (Å²) in [4.78, 5) is 18.3. The van der Waals surface area contributed by atoms with Gasteiger partial charge < -0.3 is 14.6 Å². The number of esters is 1. The molecule has 0 saturated carbocycles. The number of carbonyl (C=O) groups is 1. The maximum atomic E-state index is 12.5. The summed E-state index contributed by atoms with van der Waals surface area (Å²) >= 11 is 0. The number of benzene rings is 1. The normalized spacial score (nSPS) is 30.2. The summed E-state index contributed by atoms with van der Waals surface area (Å²) < 4.78 is 5.17. The molecule has 1 unspecified atom stereocenters. The minimum absolute atomic E-state index is 0.0580. The maximum absolute atomic E-state index is 12.5. The molecule has 1 aromatic heterocycles. The lowest BCUT2D eigenvalue weighted by atomic mass is 9.65. The van der Waals surface area contributed by atoms with Crippen LogP contribution in [0.2, 0.25) is 0 Å². The third-order valence-electron chi connectivity index (χ3n) is 6.14. The van der Waals surface area contributed by atoms with Gasteiger partial charge in [0.2, 0.25) is 0 Å². The molecule has 1 aromatic carbocycles. The summed E-state index contributed by atoms with van der Waals surface area (Å²) in [6, 6.07) is 6.98. The van der Waals surface area contributed by atoms with Gasteiger partial charge in [0.1, 0.15) is 0 Å². The summed E-state index contributed by atoms with van der Waals surface area (Å²) in [6.45, 7) is 2.89. The van der Waals surface area contributed by atoms with E-state index < -0.39 is 0 Å². The third-order valence-corrected chi connectivity index (χ3v) is 6.14. The zero-order chi connectivity index (χ0) is 16.2. The van der Waals surface area contributed by atoms with Gasteiger partial charge >= 0.3 is 5.97 Å². The minimum Gasteiger partial charge on any atom is -0.469 e. The van der Waals surface area contributed by atoms with E-state index in [1.54, 1.807) is 0 Å². The Hall–Kier alpha value is -1.81. The molecule has 2 aliphatic rings. The Balaban J connectivity index is 1.83. The SMILES string of the molecule is CCC1(C(=O)OC)C[C@H]2c3cccc4[nH]cc(c34)C[C@@H]2N(C)C1. The first-order chi connectivity index (χ1) is 11.1. The molecule has 1 saturated heterocycles. The van der Waals surface area contributed by atoms with Gasteiger partial charge in [-0.15, -0.1) is 0 Å². The lowest BCUT2D eigenvalue weighted by Gasteiger charge is -2.49. The molecule has 122 valence electrons. The molecule has 1 N–H and O–H groups in total. The van der Waals surface area contributed by atoms with Crippen LogP contribution in [-0.2, 0) is 16.0 Å². The number of rotatable bonds is 2. The molecule has 4 heteroatoms. The molecule has 1 fully saturated rings. The Morgan fingerprint density at radius 3 is 3.04 bits per heavy atom. The number of nitrogens with zero attached hydrogens (tertiary/aromatic N) is 1. The van der Waals surface area contributed by atoms with Crippen molar-refractivity contribution >= 4 is 16.9 Å². The molecule has 0 bridgehead atoms. The van der Waals surface area contributed by atoms with Gasteiger partial charge in [-0.1, -0.05) is 19.1 Å². The fourth-order valence-corrected chi connectivity index (χ4v) is 4.88. The van der Waals surface area contributed by atoms with Crippen molar-refractivity contribution in [3.8, 4) is 0 Å². The van der Waals surface area contributed by atoms with Crippen LogP contribution in [0.3, 0.4) is 0 Å². The predicted octanol–water partition coefficient (Wildman–Crippen LogP) is 3.08. The molecule has 1 aliphatic carbocycles. The first-order valence-electron chi connectivity index (χ1n) is 8.47. The van der Waals surface area contributed by atoms with Gasteiger partial charge in [0.05, 0.1) is 12.5 Å². The lowest BCUT2D eigenvalue weighted by Crippen LogP contribution is -2.55. The first kappa shape index (κ1) is 14.8. The zero-order valence-corrected chi connectivity index (χ0v) is 14.1. The van der Waals surface area contributed by atoms with E-state index in [9.17, 15) is 4.79 Å². The third kappa shape index (κ3) is 1.97. The number of nitrogens with one attached hydrogen (secondary N) is 1. The van der Waals surface area contributed by atoms with Crippen LogP contribution >= 0.6 is 0 Å². The Morgan fingerprint density at radius 1 is 1.48 bits per heavy atom. The number of likely N-dealkylation sites (tertiary alicyclic amines) is 1. The van der Waals surface area contributed by atoms with Crippen LogP contribution in [0.4, 0.5) is 0 Å². The van der Waals surface area contributed by atoms with Crippen LogP contribution in [0.15, 0.2) is 24.4 Å². The average Bonchev–Trinajstić information content (AvgIpc) is 2.99. The summed E-state index contributed by atoms with van der Waals surface area (Å²) in [5.74, 6) is 0.331. The van der Waals surface area contributed by atoms with E-state index in [0.29, 0.717) is 12.0 Å². The number of piperidine rings is 1. The Bertz CT molecular complexity index is 766. The van der Waals surface area contributed by atoms with Crippen LogP contribution in [-0.4, -0.2) is 42.6 Å². The number of likely N-dealkylation sites (N-methyl/N-ethyl adjacent to an activating group) is 1. The van der Waals surface area contributed by atoms with Crippen LogP contribution in [0.1, 0.15) is 36.8 Å². The molecule has 0 spiro atoms. The summed E-state index contributed by atoms with van der Waals surface area (Å²) in [5.41, 5.74) is 3.62. The Morgan fingerprint density at radius 2 is 2.30 bits per heavy atom. The van der Waals surface area contributed by atoms with Crippen molar-refractivity contribution in [3.05, 3.63) is 35.5 Å². The summed E-state index contributed by atoms with van der Waals surface area (Å²) in [5, 5.41) is 1.37. The van der Waals surface area contributed by atoms with Crippen molar-refractivity contribution in [1.82, 2.24) is 9.88 Å². The second kappa shape index (κ2) is 5.10. The number of methoxy groups -OCH3 is 1. The quantitative estimate of drug-likeness (QED) is 0.867. The van der Waals surface area contributed by atoms with E-state index in [1.165, 1.54) is 29.1 Å². The standard InChI is InChI=1S/C19H24N2O2/c1-4-19(18(22)23-3)9-14-13-6-5-7-15-17(13)12(10-20-15)8-16(14)21(2)11-19/h5-7,10,14,16,20H,4,8-9,11H2,1-3H3/t14-,16-,19?/m0/s1. The van der Waals surface area contributed by atoms with E-state index in [2.05, 4.69) is 48.3 Å². The van der Waals surface area contributed by atoms with Crippen molar-refractivity contribution in [1.29, 1.82) is 0 Å². The lowest BCUT2D eigenvalue weighted by molar-refractivity contribution is -0.158. The number of fused-ring (bicyclic) bond motifs is 2. The van der Waals surface area contributed by atoms with E-state index in [1.807, 2.05) is 0 Å². The average molecular weight is 312 g/mol. The van der Waals surface area contributed by atoms with Gasteiger partial charge in [0.15, 0.2) is 0 Å². The highest BCUT2D eigenvalue weighted by Gasteiger charge is 2.50. The highest BCUT2D eigenvalue weighted by Crippen LogP contribution is 2.49. The molecule has 0 radical (unpaired) electrons. The van der Waals surface area contributed by atoms with Crippen LogP contribution in [0.5, 0.6) is 0 Å². The molecule has 4 nitrogen and oxygen atoms in total. The van der Waals surface area contributed by atoms with Crippen molar-refractivity contribution in [2.45, 2.75) is 38.1 Å². The Labute approximate surface area is 136 Å². The van der Waals surface area contributed by atoms with Crippen LogP contribution in [0.25, 0.3) is 10.9 Å². The number of hydrogen-bond donors (Lipinski definition) is 1. The minimum atomic E-state index is -0.388. The maximum Gasteiger partial charge on any atom is 0.313 e. The van der Waals surface area contributed by atoms with Gasteiger partial charge in [-0.25, -0.2) is 0 Å². The molecule has 2 heterocycles. The molecular weight excluding hydrogens is 288 g/mol. The van der Waals surface area contributed by atoms with Gasteiger partial charge in [0.25, 0.3) is 0 Å². The molecule has 3 atom stereocenters. The van der Waals surface area contributed by atoms with Gasteiger partial charge in [-0.3, -0.25) is 4.79 Å². The van der Waals surface area contributed by atoms with Crippen molar-refractivity contribution in [2.75, 3.05) is 20.7 Å². The van der Waals surface area contributed by atoms with Gasteiger partial charge in [-0.2, -0.15) is 0 Å². The molecule has 0 amide bonds. The molecule has 2 aromatic rings. The van der Waals surface area contributed by atoms with E-state index in [4.69, 9.17) is 4.74 Å². The monoisotopic (exact) mass is 312 g/mol. The topological polar surface area (TPSA) is 45.3 Å². The van der Waals surface area contributed by atoms with E-state index in [0.717, 1.165) is 25.8 Å². The van der Waals surface area contributed by atoms with Gasteiger partial charge in [-0.05, 0) is 43.5 Å². The van der Waals surface area contributed by atoms with Crippen molar-refractivity contribution in [3.63, 3.8) is 0 Å². The number of aromatic nitrogens is 1. The van der Waals surface area contributed by atoms with Crippen molar-refractivity contribution < 1.29 is 9.53 Å².